The molecule has 2 aromatic heterocycles. The van der Waals surface area contributed by atoms with E-state index in [0.717, 1.165) is 52.5 Å². The smallest absolute Gasteiger partial charge is 0.337 e. The van der Waals surface area contributed by atoms with Crippen molar-refractivity contribution in [3.8, 4) is 0 Å². The van der Waals surface area contributed by atoms with E-state index >= 15 is 0 Å². The van der Waals surface area contributed by atoms with Crippen LogP contribution in [0.2, 0.25) is 0 Å². The first-order chi connectivity index (χ1) is 17.4. The van der Waals surface area contributed by atoms with Crippen molar-refractivity contribution in [2.45, 2.75) is 39.9 Å². The summed E-state index contributed by atoms with van der Waals surface area (Å²) in [5.41, 5.74) is 7.05. The zero-order valence-corrected chi connectivity index (χ0v) is 20.4. The van der Waals surface area contributed by atoms with Crippen LogP contribution in [0.25, 0.3) is 16.6 Å². The highest BCUT2D eigenvalue weighted by Crippen LogP contribution is 2.34. The first-order valence-electron chi connectivity index (χ1n) is 12.0. The van der Waals surface area contributed by atoms with Crippen molar-refractivity contribution in [2.24, 2.45) is 0 Å². The second-order valence-electron chi connectivity index (χ2n) is 9.41. The molecule has 0 saturated heterocycles. The van der Waals surface area contributed by atoms with Gasteiger partial charge in [0.15, 0.2) is 5.65 Å². The molecule has 0 saturated carbocycles. The number of hydrogen-bond acceptors (Lipinski definition) is 6. The van der Waals surface area contributed by atoms with Gasteiger partial charge in [0.1, 0.15) is 5.82 Å². The summed E-state index contributed by atoms with van der Waals surface area (Å²) < 4.78 is 2.04. The molecule has 0 spiro atoms. The lowest BCUT2D eigenvalue weighted by atomic mass is 10.0. The molecule has 3 heterocycles. The molecule has 0 aliphatic carbocycles. The molecule has 8 heteroatoms. The van der Waals surface area contributed by atoms with Gasteiger partial charge >= 0.3 is 5.97 Å². The molecule has 8 nitrogen and oxygen atoms in total. The molecule has 0 amide bonds. The minimum Gasteiger partial charge on any atom is -0.478 e. The minimum atomic E-state index is -0.964. The van der Waals surface area contributed by atoms with Crippen LogP contribution in [0.4, 0.5) is 11.6 Å². The van der Waals surface area contributed by atoms with Crippen molar-refractivity contribution in [3.05, 3.63) is 94.3 Å². The molecule has 5 aromatic rings. The summed E-state index contributed by atoms with van der Waals surface area (Å²) in [5, 5.41) is 22.9. The molecular weight excluding hydrogens is 452 g/mol. The number of aromatic carboxylic acids is 1. The van der Waals surface area contributed by atoms with Gasteiger partial charge in [0.25, 0.3) is 0 Å². The van der Waals surface area contributed by atoms with Gasteiger partial charge in [-0.2, -0.15) is 0 Å². The Kier molecular flexibility index (Phi) is 5.10. The molecule has 1 aliphatic rings. The standard InChI is InChI=1S/C28H26N6O2/c1-16-12-22(17(2)29-24-11-7-6-10-21(24)27(35)36)25-23(13-16)26-32-31-18(3)34(26)28(30-25)33-14-19-8-4-5-9-20(19)15-33/h4-13,17,29H,14-15H2,1-3H3,(H,35,36). The van der Waals surface area contributed by atoms with E-state index in [1.165, 1.54) is 11.1 Å². The number of anilines is 2. The topological polar surface area (TPSA) is 95.6 Å². The maximum Gasteiger partial charge on any atom is 0.337 e. The highest BCUT2D eigenvalue weighted by Gasteiger charge is 2.26. The van der Waals surface area contributed by atoms with Crippen LogP contribution in [0, 0.1) is 13.8 Å². The lowest BCUT2D eigenvalue weighted by molar-refractivity contribution is 0.0698. The monoisotopic (exact) mass is 478 g/mol. The number of para-hydroxylation sites is 1. The third kappa shape index (κ3) is 3.53. The fourth-order valence-corrected chi connectivity index (χ4v) is 5.15. The summed E-state index contributed by atoms with van der Waals surface area (Å²) in [5.74, 6) is 0.628. The van der Waals surface area contributed by atoms with Gasteiger partial charge in [-0.1, -0.05) is 42.5 Å². The summed E-state index contributed by atoms with van der Waals surface area (Å²) in [6.45, 7) is 7.56. The number of aromatic nitrogens is 4. The van der Waals surface area contributed by atoms with Gasteiger partial charge in [0.2, 0.25) is 5.95 Å². The molecule has 3 aromatic carbocycles. The van der Waals surface area contributed by atoms with Crippen LogP contribution in [-0.2, 0) is 13.1 Å². The predicted molar refractivity (Wildman–Crippen MR) is 140 cm³/mol. The van der Waals surface area contributed by atoms with Gasteiger partial charge in [-0.3, -0.25) is 0 Å². The lowest BCUT2D eigenvalue weighted by Gasteiger charge is -2.22. The van der Waals surface area contributed by atoms with Gasteiger partial charge in [-0.05, 0) is 55.7 Å². The Hall–Kier alpha value is -4.46. The Balaban J connectivity index is 1.51. The van der Waals surface area contributed by atoms with Gasteiger partial charge in [0, 0.05) is 29.7 Å². The summed E-state index contributed by atoms with van der Waals surface area (Å²) in [6.07, 6.45) is 0. The molecule has 1 aliphatic heterocycles. The first kappa shape index (κ1) is 22.0. The number of aryl methyl sites for hydroxylation is 2. The van der Waals surface area contributed by atoms with E-state index in [1.54, 1.807) is 18.2 Å². The van der Waals surface area contributed by atoms with Crippen LogP contribution < -0.4 is 10.2 Å². The molecular formula is C28H26N6O2. The Morgan fingerprint density at radius 2 is 1.69 bits per heavy atom. The van der Waals surface area contributed by atoms with Crippen LogP contribution in [0.1, 0.15) is 51.4 Å². The molecule has 6 rings (SSSR count). The number of hydrogen-bond donors (Lipinski definition) is 2. The van der Waals surface area contributed by atoms with Crippen molar-refractivity contribution in [1.29, 1.82) is 0 Å². The number of rotatable bonds is 5. The molecule has 2 N–H and O–H groups in total. The maximum absolute atomic E-state index is 11.8. The van der Waals surface area contributed by atoms with Crippen molar-refractivity contribution in [3.63, 3.8) is 0 Å². The number of fused-ring (bicyclic) bond motifs is 4. The summed E-state index contributed by atoms with van der Waals surface area (Å²) >= 11 is 0. The number of nitrogens with zero attached hydrogens (tertiary/aromatic N) is 5. The van der Waals surface area contributed by atoms with Crippen LogP contribution in [0.15, 0.2) is 60.7 Å². The third-order valence-corrected chi connectivity index (χ3v) is 6.88. The molecule has 1 unspecified atom stereocenters. The average molecular weight is 479 g/mol. The summed E-state index contributed by atoms with van der Waals surface area (Å²) in [4.78, 5) is 19.2. The fraction of sp³-hybridized carbons (Fsp3) is 0.214. The molecule has 0 bridgehead atoms. The van der Waals surface area contributed by atoms with Crippen molar-refractivity contribution in [2.75, 3.05) is 10.2 Å². The van der Waals surface area contributed by atoms with Gasteiger partial charge in [0.05, 0.1) is 17.1 Å². The van der Waals surface area contributed by atoms with Crippen LogP contribution in [0.5, 0.6) is 0 Å². The normalized spacial score (nSPS) is 13.8. The van der Waals surface area contributed by atoms with E-state index in [0.29, 0.717) is 5.69 Å². The Labute approximate surface area is 208 Å². The van der Waals surface area contributed by atoms with E-state index in [2.05, 4.69) is 56.8 Å². The van der Waals surface area contributed by atoms with Crippen LogP contribution in [0.3, 0.4) is 0 Å². The maximum atomic E-state index is 11.8. The molecule has 1 atom stereocenters. The van der Waals surface area contributed by atoms with Gasteiger partial charge in [-0.25, -0.2) is 14.2 Å². The highest BCUT2D eigenvalue weighted by atomic mass is 16.4. The van der Waals surface area contributed by atoms with Crippen molar-refractivity contribution in [1.82, 2.24) is 19.6 Å². The first-order valence-corrected chi connectivity index (χ1v) is 12.0. The summed E-state index contributed by atoms with van der Waals surface area (Å²) in [6, 6.07) is 19.4. The van der Waals surface area contributed by atoms with Crippen LogP contribution >= 0.6 is 0 Å². The quantitative estimate of drug-likeness (QED) is 0.355. The minimum absolute atomic E-state index is 0.199. The Bertz CT molecular complexity index is 1630. The number of benzene rings is 3. The molecule has 36 heavy (non-hydrogen) atoms. The SMILES string of the molecule is Cc1cc(C(C)Nc2ccccc2C(=O)O)c2nc(N3Cc4ccccc4C3)n3c(C)nnc3c2c1. The zero-order chi connectivity index (χ0) is 25.0. The van der Waals surface area contributed by atoms with Crippen molar-refractivity contribution < 1.29 is 9.90 Å². The fourth-order valence-electron chi connectivity index (χ4n) is 5.15. The second-order valence-corrected chi connectivity index (χ2v) is 9.41. The highest BCUT2D eigenvalue weighted by molar-refractivity contribution is 5.96. The molecule has 0 radical (unpaired) electrons. The van der Waals surface area contributed by atoms with Gasteiger partial charge in [-0.15, -0.1) is 10.2 Å². The number of carboxylic acid groups (broad SMARTS) is 1. The zero-order valence-electron chi connectivity index (χ0n) is 20.4. The van der Waals surface area contributed by atoms with E-state index in [-0.39, 0.29) is 11.6 Å². The van der Waals surface area contributed by atoms with E-state index < -0.39 is 5.97 Å². The largest absolute Gasteiger partial charge is 0.478 e. The lowest BCUT2D eigenvalue weighted by Crippen LogP contribution is -2.20. The van der Waals surface area contributed by atoms with E-state index in [1.807, 2.05) is 31.2 Å². The predicted octanol–water partition coefficient (Wildman–Crippen LogP) is 5.29. The van der Waals surface area contributed by atoms with Crippen molar-refractivity contribution >= 4 is 34.2 Å². The molecule has 0 fully saturated rings. The third-order valence-electron chi connectivity index (χ3n) is 6.88. The van der Waals surface area contributed by atoms with E-state index in [4.69, 9.17) is 4.98 Å². The Morgan fingerprint density at radius 1 is 1.00 bits per heavy atom. The second kappa shape index (κ2) is 8.34. The van der Waals surface area contributed by atoms with E-state index in [9.17, 15) is 9.90 Å². The summed E-state index contributed by atoms with van der Waals surface area (Å²) in [7, 11) is 0. The number of carbonyl (C=O) groups is 1. The average Bonchev–Trinajstić information content (AvgIpc) is 3.47. The number of nitrogens with one attached hydrogen (secondary N) is 1. The van der Waals surface area contributed by atoms with Crippen LogP contribution in [-0.4, -0.2) is 30.7 Å². The molecule has 180 valence electrons. The Morgan fingerprint density at radius 3 is 2.42 bits per heavy atom. The number of carboxylic acids is 1. The van der Waals surface area contributed by atoms with Gasteiger partial charge < -0.3 is 15.3 Å².